The predicted octanol–water partition coefficient (Wildman–Crippen LogP) is 13.6. The summed E-state index contributed by atoms with van der Waals surface area (Å²) in [5.74, 6) is 0.619. The van der Waals surface area contributed by atoms with E-state index in [0.29, 0.717) is 5.95 Å². The molecule has 0 N–H and O–H groups in total. The van der Waals surface area contributed by atoms with E-state index >= 15 is 0 Å². The molecule has 258 valence electrons. The van der Waals surface area contributed by atoms with Crippen LogP contribution in [0.1, 0.15) is 0 Å². The fraction of sp³-hybridized carbons (Fsp3) is 0. The average molecular weight is 702 g/mol. The Morgan fingerprint density at radius 2 is 0.600 bits per heavy atom. The van der Waals surface area contributed by atoms with Crippen molar-refractivity contribution in [2.75, 3.05) is 0 Å². The van der Waals surface area contributed by atoms with E-state index in [1.165, 1.54) is 0 Å². The summed E-state index contributed by atoms with van der Waals surface area (Å²) in [5.41, 5.74) is 14.9. The standard InChI is InChI=1S/C52H35N3/c1-5-19-36(20-6-1)40-29-17-30-41(37-21-7-2-8-22-37)50(40)46-35-47(54-52(53-46)55-48-33-15-13-27-44(48)45-28-14-16-34-49(45)55)51-42(38-23-9-3-10-24-38)31-18-32-43(51)39-25-11-4-12-26-39/h1-35H. The molecule has 0 saturated carbocycles. The van der Waals surface area contributed by atoms with Gasteiger partial charge in [0.1, 0.15) is 0 Å². The minimum absolute atomic E-state index is 0.619. The van der Waals surface area contributed by atoms with Crippen LogP contribution in [0.3, 0.4) is 0 Å². The molecule has 0 aliphatic rings. The van der Waals surface area contributed by atoms with Gasteiger partial charge in [-0.25, -0.2) is 9.97 Å². The highest BCUT2D eigenvalue weighted by molar-refractivity contribution is 6.09. The van der Waals surface area contributed by atoms with Crippen LogP contribution in [0.5, 0.6) is 0 Å². The zero-order valence-electron chi connectivity index (χ0n) is 30.0. The van der Waals surface area contributed by atoms with Gasteiger partial charge < -0.3 is 0 Å². The Bertz CT molecular complexity index is 2640. The Morgan fingerprint density at radius 3 is 0.945 bits per heavy atom. The summed E-state index contributed by atoms with van der Waals surface area (Å²) in [6.45, 7) is 0. The molecule has 0 bridgehead atoms. The lowest BCUT2D eigenvalue weighted by atomic mass is 9.87. The fourth-order valence-corrected chi connectivity index (χ4v) is 8.02. The number of fused-ring (bicyclic) bond motifs is 3. The fourth-order valence-electron chi connectivity index (χ4n) is 8.02. The molecular weight excluding hydrogens is 667 g/mol. The van der Waals surface area contributed by atoms with Crippen LogP contribution in [0.25, 0.3) is 94.8 Å². The third-order valence-electron chi connectivity index (χ3n) is 10.5. The van der Waals surface area contributed by atoms with E-state index in [9.17, 15) is 0 Å². The lowest BCUT2D eigenvalue weighted by Crippen LogP contribution is -2.05. The van der Waals surface area contributed by atoms with E-state index in [4.69, 9.17) is 9.97 Å². The van der Waals surface area contributed by atoms with Crippen LogP contribution < -0.4 is 0 Å². The largest absolute Gasteiger partial charge is 0.278 e. The number of benzene rings is 8. The van der Waals surface area contributed by atoms with Crippen LogP contribution in [0.15, 0.2) is 212 Å². The smallest absolute Gasteiger partial charge is 0.235 e. The van der Waals surface area contributed by atoms with Crippen molar-refractivity contribution in [3.05, 3.63) is 212 Å². The molecule has 10 aromatic rings. The normalized spacial score (nSPS) is 11.3. The van der Waals surface area contributed by atoms with Gasteiger partial charge >= 0.3 is 0 Å². The SMILES string of the molecule is c1ccc(-c2cccc(-c3ccccc3)c2-c2cc(-c3c(-c4ccccc4)cccc3-c3ccccc3)nc(-n3c4ccccc4c4ccccc43)n2)cc1. The maximum Gasteiger partial charge on any atom is 0.235 e. The molecule has 0 spiro atoms. The Labute approximate surface area is 320 Å². The molecule has 0 radical (unpaired) electrons. The third-order valence-corrected chi connectivity index (χ3v) is 10.5. The van der Waals surface area contributed by atoms with Gasteiger partial charge in [-0.15, -0.1) is 0 Å². The Kier molecular flexibility index (Phi) is 8.16. The van der Waals surface area contributed by atoms with Gasteiger partial charge in [0.05, 0.1) is 22.4 Å². The minimum Gasteiger partial charge on any atom is -0.278 e. The first-order chi connectivity index (χ1) is 27.3. The van der Waals surface area contributed by atoms with Crippen LogP contribution in [-0.4, -0.2) is 14.5 Å². The van der Waals surface area contributed by atoms with Crippen molar-refractivity contribution in [3.8, 4) is 73.0 Å². The van der Waals surface area contributed by atoms with Crippen LogP contribution in [0.2, 0.25) is 0 Å². The number of aromatic nitrogens is 3. The Balaban J connectivity index is 1.36. The molecule has 2 heterocycles. The van der Waals surface area contributed by atoms with E-state index in [1.807, 2.05) is 0 Å². The van der Waals surface area contributed by atoms with Crippen molar-refractivity contribution in [2.24, 2.45) is 0 Å². The summed E-state index contributed by atoms with van der Waals surface area (Å²) < 4.78 is 2.23. The van der Waals surface area contributed by atoms with Crippen LogP contribution >= 0.6 is 0 Å². The average Bonchev–Trinajstić information content (AvgIpc) is 3.61. The highest BCUT2D eigenvalue weighted by atomic mass is 15.2. The van der Waals surface area contributed by atoms with E-state index in [1.54, 1.807) is 0 Å². The van der Waals surface area contributed by atoms with Gasteiger partial charge in [-0.1, -0.05) is 194 Å². The third kappa shape index (κ3) is 5.80. The van der Waals surface area contributed by atoms with E-state index in [-0.39, 0.29) is 0 Å². The number of para-hydroxylation sites is 2. The molecule has 0 aliphatic heterocycles. The number of nitrogens with zero attached hydrogens (tertiary/aromatic N) is 3. The van der Waals surface area contributed by atoms with Crippen molar-refractivity contribution in [1.29, 1.82) is 0 Å². The van der Waals surface area contributed by atoms with Gasteiger partial charge in [0, 0.05) is 21.9 Å². The Morgan fingerprint density at radius 1 is 0.291 bits per heavy atom. The van der Waals surface area contributed by atoms with Crippen LogP contribution in [0, 0.1) is 0 Å². The second-order valence-corrected chi connectivity index (χ2v) is 13.7. The second-order valence-electron chi connectivity index (χ2n) is 13.7. The number of hydrogen-bond acceptors (Lipinski definition) is 2. The van der Waals surface area contributed by atoms with Gasteiger partial charge in [0.15, 0.2) is 0 Å². The predicted molar refractivity (Wildman–Crippen MR) is 229 cm³/mol. The molecular formula is C52H35N3. The van der Waals surface area contributed by atoms with Gasteiger partial charge in [-0.3, -0.25) is 4.57 Å². The first-order valence-electron chi connectivity index (χ1n) is 18.7. The molecule has 3 heteroatoms. The van der Waals surface area contributed by atoms with E-state index in [0.717, 1.165) is 88.8 Å². The molecule has 2 aromatic heterocycles. The first kappa shape index (κ1) is 32.3. The summed E-state index contributed by atoms with van der Waals surface area (Å²) in [7, 11) is 0. The van der Waals surface area contributed by atoms with Gasteiger partial charge in [-0.2, -0.15) is 0 Å². The van der Waals surface area contributed by atoms with E-state index < -0.39 is 0 Å². The molecule has 8 aromatic carbocycles. The zero-order valence-corrected chi connectivity index (χ0v) is 30.0. The van der Waals surface area contributed by atoms with Crippen molar-refractivity contribution in [3.63, 3.8) is 0 Å². The van der Waals surface area contributed by atoms with E-state index in [2.05, 4.69) is 217 Å². The van der Waals surface area contributed by atoms with Crippen molar-refractivity contribution in [1.82, 2.24) is 14.5 Å². The molecule has 0 atom stereocenters. The highest BCUT2D eigenvalue weighted by Crippen LogP contribution is 2.44. The first-order valence-corrected chi connectivity index (χ1v) is 18.7. The Hall–Kier alpha value is -7.36. The van der Waals surface area contributed by atoms with Crippen LogP contribution in [-0.2, 0) is 0 Å². The highest BCUT2D eigenvalue weighted by Gasteiger charge is 2.23. The molecule has 0 saturated heterocycles. The van der Waals surface area contributed by atoms with Gasteiger partial charge in [0.25, 0.3) is 0 Å². The summed E-state index contributed by atoms with van der Waals surface area (Å²) in [6, 6.07) is 75.1. The summed E-state index contributed by atoms with van der Waals surface area (Å²) in [4.78, 5) is 11.2. The van der Waals surface area contributed by atoms with Gasteiger partial charge in [-0.05, 0) is 62.7 Å². The topological polar surface area (TPSA) is 30.7 Å². The molecule has 10 rings (SSSR count). The quantitative estimate of drug-likeness (QED) is 0.166. The molecule has 0 aliphatic carbocycles. The minimum atomic E-state index is 0.619. The molecule has 55 heavy (non-hydrogen) atoms. The number of rotatable bonds is 7. The molecule has 0 amide bonds. The van der Waals surface area contributed by atoms with Crippen molar-refractivity contribution in [2.45, 2.75) is 0 Å². The summed E-state index contributed by atoms with van der Waals surface area (Å²) >= 11 is 0. The molecule has 0 unspecified atom stereocenters. The summed E-state index contributed by atoms with van der Waals surface area (Å²) in [5, 5.41) is 2.33. The van der Waals surface area contributed by atoms with Crippen LogP contribution in [0.4, 0.5) is 0 Å². The molecule has 3 nitrogen and oxygen atoms in total. The van der Waals surface area contributed by atoms with Gasteiger partial charge in [0.2, 0.25) is 5.95 Å². The second kappa shape index (κ2) is 13.9. The van der Waals surface area contributed by atoms with Crippen molar-refractivity contribution >= 4 is 21.8 Å². The zero-order chi connectivity index (χ0) is 36.6. The lowest BCUT2D eigenvalue weighted by molar-refractivity contribution is 0.996. The summed E-state index contributed by atoms with van der Waals surface area (Å²) in [6.07, 6.45) is 0. The maximum atomic E-state index is 5.60. The monoisotopic (exact) mass is 701 g/mol. The maximum absolute atomic E-state index is 5.60. The number of hydrogen-bond donors (Lipinski definition) is 0. The van der Waals surface area contributed by atoms with Crippen molar-refractivity contribution < 1.29 is 0 Å². The lowest BCUT2D eigenvalue weighted by Gasteiger charge is -2.20. The molecule has 0 fully saturated rings.